The number of fused-ring (bicyclic) bond motifs is 1. The Hall–Kier alpha value is -3.11. The van der Waals surface area contributed by atoms with Crippen molar-refractivity contribution < 1.29 is 9.59 Å². The van der Waals surface area contributed by atoms with Crippen LogP contribution in [-0.2, 0) is 13.0 Å². The Morgan fingerprint density at radius 1 is 0.966 bits per heavy atom. The SMILES string of the molecule is Cc1ccc(C(=O)N2CCc3ccc(CNC(=O)c4ccc(Cl)cc4)cc32)cc1. The highest BCUT2D eigenvalue weighted by atomic mass is 35.5. The molecule has 29 heavy (non-hydrogen) atoms. The number of carbonyl (C=O) groups excluding carboxylic acids is 2. The summed E-state index contributed by atoms with van der Waals surface area (Å²) in [7, 11) is 0. The average Bonchev–Trinajstić information content (AvgIpc) is 3.16. The molecule has 3 aromatic rings. The highest BCUT2D eigenvalue weighted by Gasteiger charge is 2.25. The number of hydrogen-bond acceptors (Lipinski definition) is 2. The zero-order valence-corrected chi connectivity index (χ0v) is 16.9. The molecule has 3 aromatic carbocycles. The number of halogens is 1. The van der Waals surface area contributed by atoms with Gasteiger partial charge >= 0.3 is 0 Å². The molecule has 0 saturated heterocycles. The first-order valence-corrected chi connectivity index (χ1v) is 9.93. The summed E-state index contributed by atoms with van der Waals surface area (Å²) in [6.45, 7) is 3.06. The number of aryl methyl sites for hydroxylation is 1. The van der Waals surface area contributed by atoms with Crippen LogP contribution in [0, 0.1) is 6.92 Å². The Morgan fingerprint density at radius 2 is 1.66 bits per heavy atom. The molecule has 0 atom stereocenters. The molecule has 4 rings (SSSR count). The van der Waals surface area contributed by atoms with E-state index in [0.717, 1.165) is 28.8 Å². The van der Waals surface area contributed by atoms with Crippen LogP contribution in [0.2, 0.25) is 5.02 Å². The van der Waals surface area contributed by atoms with Gasteiger partial charge in [-0.15, -0.1) is 0 Å². The first kappa shape index (κ1) is 19.2. The van der Waals surface area contributed by atoms with Crippen molar-refractivity contribution in [1.29, 1.82) is 0 Å². The number of hydrogen-bond donors (Lipinski definition) is 1. The lowest BCUT2D eigenvalue weighted by molar-refractivity contribution is 0.0949. The summed E-state index contributed by atoms with van der Waals surface area (Å²) in [5.41, 5.74) is 5.40. The first-order chi connectivity index (χ1) is 14.0. The Bertz CT molecular complexity index is 1060. The third-order valence-corrected chi connectivity index (χ3v) is 5.40. The van der Waals surface area contributed by atoms with E-state index in [0.29, 0.717) is 29.2 Å². The maximum atomic E-state index is 13.0. The van der Waals surface area contributed by atoms with Crippen molar-refractivity contribution in [3.63, 3.8) is 0 Å². The number of nitrogens with one attached hydrogen (secondary N) is 1. The third-order valence-electron chi connectivity index (χ3n) is 5.15. The minimum atomic E-state index is -0.158. The molecule has 1 N–H and O–H groups in total. The van der Waals surface area contributed by atoms with Crippen LogP contribution in [0.15, 0.2) is 66.7 Å². The van der Waals surface area contributed by atoms with Crippen LogP contribution in [0.5, 0.6) is 0 Å². The lowest BCUT2D eigenvalue weighted by atomic mass is 10.1. The van der Waals surface area contributed by atoms with Gasteiger partial charge in [0.15, 0.2) is 0 Å². The van der Waals surface area contributed by atoms with Gasteiger partial charge < -0.3 is 10.2 Å². The zero-order valence-electron chi connectivity index (χ0n) is 16.1. The second kappa shape index (κ2) is 8.10. The molecular weight excluding hydrogens is 384 g/mol. The molecule has 0 saturated carbocycles. The predicted octanol–water partition coefficient (Wildman–Crippen LogP) is 4.78. The highest BCUT2D eigenvalue weighted by molar-refractivity contribution is 6.30. The van der Waals surface area contributed by atoms with Crippen LogP contribution < -0.4 is 10.2 Å². The van der Waals surface area contributed by atoms with E-state index < -0.39 is 0 Å². The van der Waals surface area contributed by atoms with E-state index in [1.807, 2.05) is 54.3 Å². The minimum Gasteiger partial charge on any atom is -0.348 e. The van der Waals surface area contributed by atoms with E-state index in [9.17, 15) is 9.59 Å². The molecule has 0 unspecified atom stereocenters. The van der Waals surface area contributed by atoms with Crippen LogP contribution in [0.1, 0.15) is 37.4 Å². The molecule has 146 valence electrons. The van der Waals surface area contributed by atoms with Gasteiger partial charge in [-0.3, -0.25) is 9.59 Å². The molecule has 1 aliphatic heterocycles. The largest absolute Gasteiger partial charge is 0.348 e. The van der Waals surface area contributed by atoms with Gasteiger partial charge in [0.05, 0.1) is 0 Å². The van der Waals surface area contributed by atoms with Crippen LogP contribution in [0.4, 0.5) is 5.69 Å². The topological polar surface area (TPSA) is 49.4 Å². The number of rotatable bonds is 4. The Kier molecular flexibility index (Phi) is 5.36. The molecule has 0 spiro atoms. The summed E-state index contributed by atoms with van der Waals surface area (Å²) in [5.74, 6) is -0.152. The van der Waals surface area contributed by atoms with E-state index >= 15 is 0 Å². The van der Waals surface area contributed by atoms with Crippen molar-refractivity contribution in [3.8, 4) is 0 Å². The van der Waals surface area contributed by atoms with Gasteiger partial charge in [0.1, 0.15) is 0 Å². The molecule has 1 heterocycles. The second-order valence-corrected chi connectivity index (χ2v) is 7.66. The molecule has 5 heteroatoms. The first-order valence-electron chi connectivity index (χ1n) is 9.55. The number of carbonyl (C=O) groups is 2. The normalized spacial score (nSPS) is 12.6. The lowest BCUT2D eigenvalue weighted by Gasteiger charge is -2.18. The highest BCUT2D eigenvalue weighted by Crippen LogP contribution is 2.30. The van der Waals surface area contributed by atoms with Gasteiger partial charge in [0.25, 0.3) is 11.8 Å². The van der Waals surface area contributed by atoms with Crippen molar-refractivity contribution in [2.45, 2.75) is 19.9 Å². The van der Waals surface area contributed by atoms with Gasteiger partial charge in [-0.2, -0.15) is 0 Å². The van der Waals surface area contributed by atoms with E-state index in [4.69, 9.17) is 11.6 Å². The van der Waals surface area contributed by atoms with E-state index in [1.54, 1.807) is 24.3 Å². The van der Waals surface area contributed by atoms with Crippen molar-refractivity contribution in [3.05, 3.63) is 99.6 Å². The van der Waals surface area contributed by atoms with Crippen LogP contribution in [0.3, 0.4) is 0 Å². The van der Waals surface area contributed by atoms with Crippen molar-refractivity contribution in [2.75, 3.05) is 11.4 Å². The molecule has 2 amide bonds. The van der Waals surface area contributed by atoms with Gasteiger partial charge in [0.2, 0.25) is 0 Å². The van der Waals surface area contributed by atoms with Gasteiger partial charge in [0, 0.05) is 34.9 Å². The third kappa shape index (κ3) is 4.17. The standard InChI is InChI=1S/C24H21ClN2O2/c1-16-2-5-20(6-3-16)24(29)27-13-12-18-7-4-17(14-22(18)27)15-26-23(28)19-8-10-21(25)11-9-19/h2-11,14H,12-13,15H2,1H3,(H,26,28). The van der Waals surface area contributed by atoms with E-state index in [1.165, 1.54) is 0 Å². The molecule has 4 nitrogen and oxygen atoms in total. The summed E-state index contributed by atoms with van der Waals surface area (Å²) in [6.07, 6.45) is 0.838. The number of amides is 2. The molecule has 0 bridgehead atoms. The number of nitrogens with zero attached hydrogens (tertiary/aromatic N) is 1. The molecule has 0 aromatic heterocycles. The monoisotopic (exact) mass is 404 g/mol. The van der Waals surface area contributed by atoms with Crippen molar-refractivity contribution in [1.82, 2.24) is 5.32 Å². The number of benzene rings is 3. The fourth-order valence-electron chi connectivity index (χ4n) is 3.48. The Balaban J connectivity index is 1.48. The zero-order chi connectivity index (χ0) is 20.4. The maximum absolute atomic E-state index is 13.0. The Labute approximate surface area is 175 Å². The fraction of sp³-hybridized carbons (Fsp3) is 0.167. The summed E-state index contributed by atoms with van der Waals surface area (Å²) in [4.78, 5) is 27.1. The van der Waals surface area contributed by atoms with E-state index in [-0.39, 0.29) is 11.8 Å². The lowest BCUT2D eigenvalue weighted by Crippen LogP contribution is -2.29. The molecule has 1 aliphatic rings. The van der Waals surface area contributed by atoms with Gasteiger partial charge in [-0.25, -0.2) is 0 Å². The summed E-state index contributed by atoms with van der Waals surface area (Å²) >= 11 is 5.87. The maximum Gasteiger partial charge on any atom is 0.258 e. The number of anilines is 1. The van der Waals surface area contributed by atoms with Gasteiger partial charge in [-0.1, -0.05) is 41.4 Å². The van der Waals surface area contributed by atoms with Crippen LogP contribution in [-0.4, -0.2) is 18.4 Å². The molecule has 0 radical (unpaired) electrons. The molecule has 0 aliphatic carbocycles. The average molecular weight is 405 g/mol. The van der Waals surface area contributed by atoms with Crippen molar-refractivity contribution in [2.24, 2.45) is 0 Å². The Morgan fingerprint density at radius 3 is 2.38 bits per heavy atom. The van der Waals surface area contributed by atoms with Crippen LogP contribution in [0.25, 0.3) is 0 Å². The fourth-order valence-corrected chi connectivity index (χ4v) is 3.61. The minimum absolute atomic E-state index is 0.00565. The summed E-state index contributed by atoms with van der Waals surface area (Å²) in [6, 6.07) is 20.5. The summed E-state index contributed by atoms with van der Waals surface area (Å²) < 4.78 is 0. The predicted molar refractivity (Wildman–Crippen MR) is 116 cm³/mol. The second-order valence-electron chi connectivity index (χ2n) is 7.23. The molecular formula is C24H21ClN2O2. The smallest absolute Gasteiger partial charge is 0.258 e. The van der Waals surface area contributed by atoms with Crippen molar-refractivity contribution >= 4 is 29.1 Å². The summed E-state index contributed by atoms with van der Waals surface area (Å²) in [5, 5.41) is 3.52. The van der Waals surface area contributed by atoms with Crippen LogP contribution >= 0.6 is 11.6 Å². The van der Waals surface area contributed by atoms with Gasteiger partial charge in [-0.05, 0) is 66.9 Å². The quantitative estimate of drug-likeness (QED) is 0.680. The van der Waals surface area contributed by atoms with E-state index in [2.05, 4.69) is 5.32 Å². The molecule has 0 fully saturated rings.